The van der Waals surface area contributed by atoms with Crippen LogP contribution in [0.15, 0.2) is 22.9 Å². The number of thioether (sulfide) groups is 1. The van der Waals surface area contributed by atoms with Gasteiger partial charge in [0.2, 0.25) is 0 Å². The Morgan fingerprint density at radius 1 is 1.40 bits per heavy atom. The fraction of sp³-hybridized carbons (Fsp3) is 0.500. The lowest BCUT2D eigenvalue weighted by atomic mass is 10.1. The van der Waals surface area contributed by atoms with E-state index in [1.54, 1.807) is 6.20 Å². The van der Waals surface area contributed by atoms with Gasteiger partial charge in [0, 0.05) is 30.1 Å². The zero-order valence-electron chi connectivity index (χ0n) is 14.7. The highest BCUT2D eigenvalue weighted by molar-refractivity contribution is 7.99. The Morgan fingerprint density at radius 2 is 2.28 bits per heavy atom. The Morgan fingerprint density at radius 3 is 2.92 bits per heavy atom. The molecule has 1 aliphatic rings. The van der Waals surface area contributed by atoms with Gasteiger partial charge >= 0.3 is 0 Å². The molecule has 1 saturated heterocycles. The molecule has 1 aliphatic heterocycles. The van der Waals surface area contributed by atoms with Crippen molar-refractivity contribution >= 4 is 23.5 Å². The molecule has 0 saturated carbocycles. The van der Waals surface area contributed by atoms with Crippen molar-refractivity contribution in [2.24, 2.45) is 0 Å². The zero-order valence-corrected chi connectivity index (χ0v) is 15.5. The lowest BCUT2D eigenvalue weighted by Crippen LogP contribution is -2.25. The minimum atomic E-state index is -0.0887. The van der Waals surface area contributed by atoms with E-state index >= 15 is 0 Å². The molecule has 3 rings (SSSR count). The van der Waals surface area contributed by atoms with Crippen molar-refractivity contribution in [3.63, 3.8) is 0 Å². The van der Waals surface area contributed by atoms with Crippen LogP contribution >= 0.6 is 11.8 Å². The van der Waals surface area contributed by atoms with Crippen molar-refractivity contribution in [1.82, 2.24) is 15.5 Å². The van der Waals surface area contributed by atoms with Crippen molar-refractivity contribution < 1.29 is 9.32 Å². The molecule has 7 heteroatoms. The molecular weight excluding hydrogens is 336 g/mol. The number of carbonyl (C=O) groups excluding carboxylic acids is 1. The quantitative estimate of drug-likeness (QED) is 0.739. The third kappa shape index (κ3) is 4.75. The number of nitrogens with one attached hydrogen (secondary N) is 2. The Labute approximate surface area is 152 Å². The molecule has 3 heterocycles. The van der Waals surface area contributed by atoms with Crippen LogP contribution in [-0.2, 0) is 6.42 Å². The van der Waals surface area contributed by atoms with Gasteiger partial charge in [0.15, 0.2) is 0 Å². The van der Waals surface area contributed by atoms with E-state index in [2.05, 4.69) is 20.8 Å². The molecule has 134 valence electrons. The number of carbonyl (C=O) groups is 1. The van der Waals surface area contributed by atoms with E-state index in [0.29, 0.717) is 18.2 Å². The predicted molar refractivity (Wildman–Crippen MR) is 100 cm³/mol. The van der Waals surface area contributed by atoms with Crippen LogP contribution in [0.4, 0.5) is 5.82 Å². The highest BCUT2D eigenvalue weighted by Crippen LogP contribution is 2.20. The summed E-state index contributed by atoms with van der Waals surface area (Å²) in [6, 6.07) is 4.18. The van der Waals surface area contributed by atoms with Crippen molar-refractivity contribution in [3.8, 4) is 0 Å². The first-order valence-corrected chi connectivity index (χ1v) is 9.79. The Hall–Kier alpha value is -2.02. The summed E-state index contributed by atoms with van der Waals surface area (Å²) in [5.74, 6) is 3.93. The van der Waals surface area contributed by atoms with Crippen molar-refractivity contribution in [1.29, 1.82) is 0 Å². The second-order valence-electron chi connectivity index (χ2n) is 6.30. The van der Waals surface area contributed by atoms with Gasteiger partial charge in [-0.3, -0.25) is 4.79 Å². The summed E-state index contributed by atoms with van der Waals surface area (Å²) in [5.41, 5.74) is 2.65. The van der Waals surface area contributed by atoms with Gasteiger partial charge in [0.05, 0.1) is 11.3 Å². The summed E-state index contributed by atoms with van der Waals surface area (Å²) in [6.07, 6.45) is 4.50. The predicted octanol–water partition coefficient (Wildman–Crippen LogP) is 2.97. The first kappa shape index (κ1) is 17.8. The van der Waals surface area contributed by atoms with E-state index in [1.165, 1.54) is 12.2 Å². The number of hydrogen-bond donors (Lipinski definition) is 2. The summed E-state index contributed by atoms with van der Waals surface area (Å²) in [7, 11) is 0. The molecule has 0 aliphatic carbocycles. The maximum Gasteiger partial charge on any atom is 0.252 e. The summed E-state index contributed by atoms with van der Waals surface area (Å²) < 4.78 is 5.15. The van der Waals surface area contributed by atoms with E-state index in [9.17, 15) is 4.79 Å². The van der Waals surface area contributed by atoms with E-state index in [0.717, 1.165) is 41.4 Å². The fourth-order valence-electron chi connectivity index (χ4n) is 2.90. The van der Waals surface area contributed by atoms with Crippen LogP contribution in [0.1, 0.15) is 40.2 Å². The molecule has 0 aromatic carbocycles. The van der Waals surface area contributed by atoms with Crippen LogP contribution in [0.2, 0.25) is 0 Å². The Bertz CT molecular complexity index is 689. The van der Waals surface area contributed by atoms with Crippen LogP contribution in [-0.4, -0.2) is 40.1 Å². The first-order valence-electron chi connectivity index (χ1n) is 8.64. The third-order valence-corrected chi connectivity index (χ3v) is 5.54. The summed E-state index contributed by atoms with van der Waals surface area (Å²) in [5, 5.41) is 10.3. The van der Waals surface area contributed by atoms with Gasteiger partial charge in [-0.1, -0.05) is 5.16 Å². The second-order valence-corrected chi connectivity index (χ2v) is 7.45. The van der Waals surface area contributed by atoms with Crippen LogP contribution in [0.3, 0.4) is 0 Å². The van der Waals surface area contributed by atoms with Gasteiger partial charge < -0.3 is 15.2 Å². The lowest BCUT2D eigenvalue weighted by Gasteiger charge is -2.12. The maximum atomic E-state index is 12.2. The molecule has 1 fully saturated rings. The summed E-state index contributed by atoms with van der Waals surface area (Å²) in [4.78, 5) is 16.5. The molecule has 1 atom stereocenters. The number of amides is 1. The molecule has 1 unspecified atom stereocenters. The van der Waals surface area contributed by atoms with E-state index in [-0.39, 0.29) is 5.91 Å². The van der Waals surface area contributed by atoms with E-state index < -0.39 is 0 Å². The normalized spacial score (nSPS) is 16.8. The highest BCUT2D eigenvalue weighted by atomic mass is 32.2. The second kappa shape index (κ2) is 8.38. The average Bonchev–Trinajstić information content (AvgIpc) is 3.23. The third-order valence-electron chi connectivity index (χ3n) is 4.38. The standard InChI is InChI=1S/C18H24N4O2S/c1-12-16(13(2)24-22-12)4-3-8-19-18(23)14-5-6-17(20-10-14)21-15-7-9-25-11-15/h5-6,10,15H,3-4,7-9,11H2,1-2H3,(H,19,23)(H,20,21). The molecule has 0 spiro atoms. The monoisotopic (exact) mass is 360 g/mol. The summed E-state index contributed by atoms with van der Waals surface area (Å²) in [6.45, 7) is 4.47. The molecule has 2 N–H and O–H groups in total. The molecule has 6 nitrogen and oxygen atoms in total. The van der Waals surface area contributed by atoms with E-state index in [1.807, 2.05) is 37.7 Å². The molecule has 2 aromatic rings. The number of aryl methyl sites for hydroxylation is 2. The van der Waals surface area contributed by atoms with Gasteiger partial charge in [-0.2, -0.15) is 11.8 Å². The minimum absolute atomic E-state index is 0.0887. The van der Waals surface area contributed by atoms with Gasteiger partial charge in [-0.15, -0.1) is 0 Å². The molecular formula is C18H24N4O2S. The SMILES string of the molecule is Cc1noc(C)c1CCCNC(=O)c1ccc(NC2CCSC2)nc1. The fourth-order valence-corrected chi connectivity index (χ4v) is 4.05. The van der Waals surface area contributed by atoms with E-state index in [4.69, 9.17) is 4.52 Å². The molecule has 2 aromatic heterocycles. The smallest absolute Gasteiger partial charge is 0.252 e. The van der Waals surface area contributed by atoms with Crippen LogP contribution in [0.5, 0.6) is 0 Å². The van der Waals surface area contributed by atoms with Gasteiger partial charge in [0.25, 0.3) is 5.91 Å². The largest absolute Gasteiger partial charge is 0.366 e. The topological polar surface area (TPSA) is 80.0 Å². The number of aromatic nitrogens is 2. The molecule has 0 bridgehead atoms. The highest BCUT2D eigenvalue weighted by Gasteiger charge is 2.15. The maximum absolute atomic E-state index is 12.2. The molecule has 1 amide bonds. The Balaban J connectivity index is 1.43. The molecule has 0 radical (unpaired) electrons. The van der Waals surface area contributed by atoms with Gasteiger partial charge in [-0.05, 0) is 51.0 Å². The van der Waals surface area contributed by atoms with Crippen molar-refractivity contribution in [2.45, 2.75) is 39.2 Å². The van der Waals surface area contributed by atoms with Crippen molar-refractivity contribution in [3.05, 3.63) is 40.9 Å². The number of hydrogen-bond acceptors (Lipinski definition) is 6. The number of anilines is 1. The van der Waals surface area contributed by atoms with Crippen molar-refractivity contribution in [2.75, 3.05) is 23.4 Å². The number of rotatable bonds is 7. The van der Waals surface area contributed by atoms with Gasteiger partial charge in [0.1, 0.15) is 11.6 Å². The number of pyridine rings is 1. The lowest BCUT2D eigenvalue weighted by molar-refractivity contribution is 0.0953. The van der Waals surface area contributed by atoms with Crippen LogP contribution in [0.25, 0.3) is 0 Å². The first-order chi connectivity index (χ1) is 12.1. The van der Waals surface area contributed by atoms with Gasteiger partial charge in [-0.25, -0.2) is 4.98 Å². The molecule has 25 heavy (non-hydrogen) atoms. The minimum Gasteiger partial charge on any atom is -0.366 e. The number of nitrogens with zero attached hydrogens (tertiary/aromatic N) is 2. The van der Waals surface area contributed by atoms with Crippen LogP contribution in [0, 0.1) is 13.8 Å². The zero-order chi connectivity index (χ0) is 17.6. The summed E-state index contributed by atoms with van der Waals surface area (Å²) >= 11 is 1.96. The average molecular weight is 360 g/mol. The van der Waals surface area contributed by atoms with Crippen LogP contribution < -0.4 is 10.6 Å². The Kier molecular flexibility index (Phi) is 5.96.